The smallest absolute Gasteiger partial charge is 0.335 e. The van der Waals surface area contributed by atoms with Crippen molar-refractivity contribution >= 4 is 61.5 Å². The van der Waals surface area contributed by atoms with Gasteiger partial charge in [-0.05, 0) is 80.8 Å². The largest absolute Gasteiger partial charge is 0.492 e. The molecule has 0 spiro atoms. The number of hydrogen-bond acceptors (Lipinski definition) is 4. The number of imide groups is 2. The van der Waals surface area contributed by atoms with Gasteiger partial charge in [-0.2, -0.15) is 0 Å². The Morgan fingerprint density at radius 1 is 1.14 bits per heavy atom. The molecule has 6 nitrogen and oxygen atoms in total. The molecule has 0 atom stereocenters. The fourth-order valence-electron chi connectivity index (χ4n) is 2.62. The van der Waals surface area contributed by atoms with Gasteiger partial charge in [0, 0.05) is 0 Å². The van der Waals surface area contributed by atoms with Crippen molar-refractivity contribution in [2.45, 2.75) is 6.92 Å². The molecule has 1 heterocycles. The summed E-state index contributed by atoms with van der Waals surface area (Å²) in [6, 6.07) is 7.40. The number of rotatable bonds is 4. The van der Waals surface area contributed by atoms with Crippen molar-refractivity contribution < 1.29 is 23.5 Å². The van der Waals surface area contributed by atoms with Gasteiger partial charge < -0.3 is 4.74 Å². The second-order valence-electron chi connectivity index (χ2n) is 5.68. The van der Waals surface area contributed by atoms with Gasteiger partial charge in [0.05, 0.1) is 21.2 Å². The molecule has 0 radical (unpaired) electrons. The van der Waals surface area contributed by atoms with E-state index in [1.807, 2.05) is 6.92 Å². The van der Waals surface area contributed by atoms with E-state index in [4.69, 9.17) is 4.74 Å². The predicted molar refractivity (Wildman–Crippen MR) is 108 cm³/mol. The normalized spacial score (nSPS) is 15.8. The molecule has 0 saturated carbocycles. The van der Waals surface area contributed by atoms with Gasteiger partial charge >= 0.3 is 6.03 Å². The summed E-state index contributed by atoms with van der Waals surface area (Å²) in [5.74, 6) is -1.70. The second-order valence-corrected chi connectivity index (χ2v) is 7.39. The molecule has 1 aliphatic rings. The molecule has 0 aliphatic carbocycles. The van der Waals surface area contributed by atoms with Gasteiger partial charge in [0.1, 0.15) is 17.1 Å². The van der Waals surface area contributed by atoms with Crippen LogP contribution in [0.3, 0.4) is 0 Å². The summed E-state index contributed by atoms with van der Waals surface area (Å²) >= 11 is 6.77. The standard InChI is InChI=1S/C19H13Br2FN2O4/c1-2-28-16-14(20)7-10(8-15(16)21)6-13-17(25)23-19(27)24(18(13)26)12-5-3-4-11(22)9-12/h3-9H,2H2,1H3,(H,23,25,27)/b13-6+. The number of urea groups is 1. The van der Waals surface area contributed by atoms with Crippen LogP contribution in [0.15, 0.2) is 50.9 Å². The van der Waals surface area contributed by atoms with E-state index >= 15 is 0 Å². The van der Waals surface area contributed by atoms with Crippen molar-refractivity contribution in [2.75, 3.05) is 11.5 Å². The van der Waals surface area contributed by atoms with Gasteiger partial charge in [0.2, 0.25) is 0 Å². The maximum Gasteiger partial charge on any atom is 0.335 e. The van der Waals surface area contributed by atoms with Crippen LogP contribution in [-0.2, 0) is 9.59 Å². The van der Waals surface area contributed by atoms with E-state index in [0.717, 1.165) is 11.0 Å². The summed E-state index contributed by atoms with van der Waals surface area (Å²) in [4.78, 5) is 37.9. The van der Waals surface area contributed by atoms with Crippen LogP contribution in [-0.4, -0.2) is 24.5 Å². The van der Waals surface area contributed by atoms with Gasteiger partial charge in [-0.1, -0.05) is 6.07 Å². The molecule has 1 aliphatic heterocycles. The minimum absolute atomic E-state index is 0.0231. The van der Waals surface area contributed by atoms with Crippen molar-refractivity contribution in [3.05, 3.63) is 62.3 Å². The third-order valence-electron chi connectivity index (χ3n) is 3.79. The van der Waals surface area contributed by atoms with Gasteiger partial charge in [0.25, 0.3) is 11.8 Å². The molecular weight excluding hydrogens is 499 g/mol. The zero-order valence-corrected chi connectivity index (χ0v) is 17.6. The maximum atomic E-state index is 13.5. The number of nitrogens with one attached hydrogen (secondary N) is 1. The first kappa shape index (κ1) is 20.2. The lowest BCUT2D eigenvalue weighted by atomic mass is 10.1. The first-order chi connectivity index (χ1) is 13.3. The summed E-state index contributed by atoms with van der Waals surface area (Å²) in [5.41, 5.74) is 0.288. The molecule has 28 heavy (non-hydrogen) atoms. The highest BCUT2D eigenvalue weighted by atomic mass is 79.9. The van der Waals surface area contributed by atoms with Gasteiger partial charge in [-0.3, -0.25) is 14.9 Å². The van der Waals surface area contributed by atoms with Crippen LogP contribution >= 0.6 is 31.9 Å². The van der Waals surface area contributed by atoms with Crippen LogP contribution in [0, 0.1) is 5.82 Å². The summed E-state index contributed by atoms with van der Waals surface area (Å²) in [7, 11) is 0. The SMILES string of the molecule is CCOc1c(Br)cc(/C=C2\C(=O)NC(=O)N(c3cccc(F)c3)C2=O)cc1Br. The van der Waals surface area contributed by atoms with Gasteiger partial charge in [-0.25, -0.2) is 14.1 Å². The Labute approximate surface area is 176 Å². The van der Waals surface area contributed by atoms with E-state index in [9.17, 15) is 18.8 Å². The van der Waals surface area contributed by atoms with E-state index in [2.05, 4.69) is 37.2 Å². The highest BCUT2D eigenvalue weighted by Crippen LogP contribution is 2.35. The summed E-state index contributed by atoms with van der Waals surface area (Å²) in [6.07, 6.45) is 1.35. The number of hydrogen-bond donors (Lipinski definition) is 1. The Morgan fingerprint density at radius 3 is 2.43 bits per heavy atom. The lowest BCUT2D eigenvalue weighted by Crippen LogP contribution is -2.54. The average Bonchev–Trinajstić information content (AvgIpc) is 2.61. The average molecular weight is 512 g/mol. The third kappa shape index (κ3) is 4.00. The molecule has 0 unspecified atom stereocenters. The highest BCUT2D eigenvalue weighted by molar-refractivity contribution is 9.11. The second kappa shape index (κ2) is 8.24. The molecule has 4 amide bonds. The van der Waals surface area contributed by atoms with E-state index in [-0.39, 0.29) is 11.3 Å². The number of halogens is 3. The van der Waals surface area contributed by atoms with Crippen molar-refractivity contribution in [1.29, 1.82) is 0 Å². The number of anilines is 1. The summed E-state index contributed by atoms with van der Waals surface area (Å²) in [6.45, 7) is 2.31. The van der Waals surface area contributed by atoms with E-state index in [1.54, 1.807) is 12.1 Å². The lowest BCUT2D eigenvalue weighted by molar-refractivity contribution is -0.122. The zero-order valence-electron chi connectivity index (χ0n) is 14.5. The number of carbonyl (C=O) groups excluding carboxylic acids is 3. The molecule has 2 aromatic rings. The molecule has 9 heteroatoms. The summed E-state index contributed by atoms with van der Waals surface area (Å²) in [5, 5.41) is 2.10. The Kier molecular flexibility index (Phi) is 5.95. The molecule has 1 N–H and O–H groups in total. The quantitative estimate of drug-likeness (QED) is 0.487. The molecule has 0 bridgehead atoms. The molecule has 1 fully saturated rings. The van der Waals surface area contributed by atoms with Gasteiger partial charge in [0.15, 0.2) is 0 Å². The molecule has 1 saturated heterocycles. The fourth-order valence-corrected chi connectivity index (χ4v) is 4.07. The monoisotopic (exact) mass is 510 g/mol. The maximum absolute atomic E-state index is 13.5. The number of nitrogens with zero attached hydrogens (tertiary/aromatic N) is 1. The minimum atomic E-state index is -0.938. The molecule has 0 aromatic heterocycles. The van der Waals surface area contributed by atoms with Crippen LogP contribution in [0.5, 0.6) is 5.75 Å². The first-order valence-corrected chi connectivity index (χ1v) is 9.69. The van der Waals surface area contributed by atoms with E-state index in [0.29, 0.717) is 26.9 Å². The molecular formula is C19H13Br2FN2O4. The molecule has 2 aromatic carbocycles. The van der Waals surface area contributed by atoms with Crippen molar-refractivity contribution in [2.24, 2.45) is 0 Å². The Hall–Kier alpha value is -2.52. The number of barbiturate groups is 1. The predicted octanol–water partition coefficient (Wildman–Crippen LogP) is 4.42. The molecule has 3 rings (SSSR count). The van der Waals surface area contributed by atoms with Crippen LogP contribution in [0.2, 0.25) is 0 Å². The minimum Gasteiger partial charge on any atom is -0.492 e. The number of carbonyl (C=O) groups is 3. The van der Waals surface area contributed by atoms with Gasteiger partial charge in [-0.15, -0.1) is 0 Å². The molecule has 144 valence electrons. The third-order valence-corrected chi connectivity index (χ3v) is 4.97. The Bertz CT molecular complexity index is 1000. The van der Waals surface area contributed by atoms with Crippen molar-refractivity contribution in [3.8, 4) is 5.75 Å². The topological polar surface area (TPSA) is 75.7 Å². The summed E-state index contributed by atoms with van der Waals surface area (Å²) < 4.78 is 20.3. The van der Waals surface area contributed by atoms with Crippen molar-refractivity contribution in [3.63, 3.8) is 0 Å². The number of amides is 4. The van der Waals surface area contributed by atoms with E-state index in [1.165, 1.54) is 24.3 Å². The Morgan fingerprint density at radius 2 is 1.82 bits per heavy atom. The van der Waals surface area contributed by atoms with Crippen molar-refractivity contribution in [1.82, 2.24) is 5.32 Å². The van der Waals surface area contributed by atoms with Crippen LogP contribution < -0.4 is 15.0 Å². The van der Waals surface area contributed by atoms with E-state index < -0.39 is 23.7 Å². The Balaban J connectivity index is 2.02. The highest BCUT2D eigenvalue weighted by Gasteiger charge is 2.37. The fraction of sp³-hybridized carbons (Fsp3) is 0.105. The van der Waals surface area contributed by atoms with Crippen LogP contribution in [0.25, 0.3) is 6.08 Å². The van der Waals surface area contributed by atoms with Crippen LogP contribution in [0.4, 0.5) is 14.9 Å². The number of ether oxygens (including phenoxy) is 1. The lowest BCUT2D eigenvalue weighted by Gasteiger charge is -2.26. The first-order valence-electron chi connectivity index (χ1n) is 8.10. The van der Waals surface area contributed by atoms with Crippen LogP contribution in [0.1, 0.15) is 12.5 Å². The number of benzene rings is 2. The zero-order chi connectivity index (χ0) is 20.4.